The number of carbonyl (C=O) groups excluding carboxylic acids is 2. The van der Waals surface area contributed by atoms with E-state index in [-0.39, 0.29) is 30.3 Å². The first-order chi connectivity index (χ1) is 11.4. The lowest BCUT2D eigenvalue weighted by Crippen LogP contribution is -2.50. The normalized spacial score (nSPS) is 18.0. The first kappa shape index (κ1) is 16.3. The molecule has 1 aliphatic heterocycles. The third-order valence-electron chi connectivity index (χ3n) is 4.37. The molecule has 0 radical (unpaired) electrons. The highest BCUT2D eigenvalue weighted by Gasteiger charge is 2.24. The molecule has 3 amide bonds. The summed E-state index contributed by atoms with van der Waals surface area (Å²) in [5.41, 5.74) is 1.41. The van der Waals surface area contributed by atoms with Crippen LogP contribution in [0.25, 0.3) is 11.0 Å². The molecule has 1 aromatic carbocycles. The minimum absolute atomic E-state index is 0.0569. The highest BCUT2D eigenvalue weighted by atomic mass is 19.1. The van der Waals surface area contributed by atoms with Crippen LogP contribution in [0.5, 0.6) is 0 Å². The molecule has 7 heteroatoms. The van der Waals surface area contributed by atoms with Crippen LogP contribution >= 0.6 is 0 Å². The topological polar surface area (TPSA) is 74.6 Å². The van der Waals surface area contributed by atoms with Gasteiger partial charge in [0.05, 0.1) is 6.54 Å². The predicted octanol–water partition coefficient (Wildman–Crippen LogP) is 2.30. The molecule has 0 aliphatic carbocycles. The summed E-state index contributed by atoms with van der Waals surface area (Å²) in [6, 6.07) is 3.98. The molecule has 128 valence electrons. The zero-order chi connectivity index (χ0) is 17.3. The van der Waals surface area contributed by atoms with Gasteiger partial charge >= 0.3 is 6.03 Å². The molecule has 6 nitrogen and oxygen atoms in total. The predicted molar refractivity (Wildman–Crippen MR) is 86.9 cm³/mol. The molecule has 1 saturated heterocycles. The number of piperidine rings is 1. The van der Waals surface area contributed by atoms with Gasteiger partial charge in [0.2, 0.25) is 5.91 Å². The lowest BCUT2D eigenvalue weighted by atomic mass is 10.1. The Bertz CT molecular complexity index is 787. The zero-order valence-electron chi connectivity index (χ0n) is 13.7. The third-order valence-corrected chi connectivity index (χ3v) is 4.37. The van der Waals surface area contributed by atoms with Gasteiger partial charge in [-0.15, -0.1) is 0 Å². The van der Waals surface area contributed by atoms with Crippen molar-refractivity contribution >= 4 is 22.9 Å². The van der Waals surface area contributed by atoms with Crippen molar-refractivity contribution in [3.8, 4) is 0 Å². The standard InChI is InChI=1S/C17H20FN3O3/c1-10-13-7-11(18)3-5-14(13)24-15(10)8-19-17(23)20-12-4-6-16(22)21(2)9-12/h3,5,7,12H,4,6,8-9H2,1-2H3,(H2,19,20,23)/t12-/m1/s1. The van der Waals surface area contributed by atoms with Crippen LogP contribution < -0.4 is 10.6 Å². The van der Waals surface area contributed by atoms with E-state index in [1.165, 1.54) is 12.1 Å². The number of likely N-dealkylation sites (N-methyl/N-ethyl adjacent to an activating group) is 1. The summed E-state index contributed by atoms with van der Waals surface area (Å²) >= 11 is 0. The average molecular weight is 333 g/mol. The minimum Gasteiger partial charge on any atom is -0.459 e. The van der Waals surface area contributed by atoms with Crippen LogP contribution in [-0.2, 0) is 11.3 Å². The van der Waals surface area contributed by atoms with Crippen LogP contribution in [0.4, 0.5) is 9.18 Å². The van der Waals surface area contributed by atoms with E-state index in [0.717, 1.165) is 5.56 Å². The molecular formula is C17H20FN3O3. The third kappa shape index (κ3) is 3.34. The molecule has 1 aliphatic rings. The first-order valence-electron chi connectivity index (χ1n) is 7.90. The van der Waals surface area contributed by atoms with Crippen LogP contribution in [0.1, 0.15) is 24.2 Å². The Kier molecular flexibility index (Phi) is 4.42. The van der Waals surface area contributed by atoms with Gasteiger partial charge in [-0.3, -0.25) is 4.79 Å². The van der Waals surface area contributed by atoms with E-state index < -0.39 is 0 Å². The maximum absolute atomic E-state index is 13.3. The molecule has 2 aromatic rings. The summed E-state index contributed by atoms with van der Waals surface area (Å²) in [6.07, 6.45) is 1.08. The van der Waals surface area contributed by atoms with Crippen LogP contribution in [0.15, 0.2) is 22.6 Å². The van der Waals surface area contributed by atoms with E-state index in [0.29, 0.717) is 36.1 Å². The molecule has 0 spiro atoms. The summed E-state index contributed by atoms with van der Waals surface area (Å²) in [7, 11) is 1.73. The molecule has 3 rings (SSSR count). The van der Waals surface area contributed by atoms with Gasteiger partial charge in [0.15, 0.2) is 0 Å². The van der Waals surface area contributed by atoms with Gasteiger partial charge in [0.25, 0.3) is 0 Å². The van der Waals surface area contributed by atoms with Crippen molar-refractivity contribution in [3.63, 3.8) is 0 Å². The van der Waals surface area contributed by atoms with E-state index >= 15 is 0 Å². The number of carbonyl (C=O) groups is 2. The van der Waals surface area contributed by atoms with Crippen molar-refractivity contribution in [1.29, 1.82) is 0 Å². The largest absolute Gasteiger partial charge is 0.459 e. The van der Waals surface area contributed by atoms with Crippen molar-refractivity contribution in [2.45, 2.75) is 32.4 Å². The van der Waals surface area contributed by atoms with Crippen molar-refractivity contribution in [2.75, 3.05) is 13.6 Å². The molecule has 0 bridgehead atoms. The van der Waals surface area contributed by atoms with Gasteiger partial charge in [0, 0.05) is 37.0 Å². The molecule has 2 N–H and O–H groups in total. The Labute approximate surface area is 139 Å². The number of halogens is 1. The summed E-state index contributed by atoms with van der Waals surface area (Å²) in [6.45, 7) is 2.56. The van der Waals surface area contributed by atoms with Crippen molar-refractivity contribution < 1.29 is 18.4 Å². The number of rotatable bonds is 3. The van der Waals surface area contributed by atoms with Gasteiger partial charge in [-0.1, -0.05) is 0 Å². The maximum Gasteiger partial charge on any atom is 0.315 e. The van der Waals surface area contributed by atoms with Crippen LogP contribution in [0, 0.1) is 12.7 Å². The number of benzene rings is 1. The number of aryl methyl sites for hydroxylation is 1. The fraction of sp³-hybridized carbons (Fsp3) is 0.412. The van der Waals surface area contributed by atoms with Crippen LogP contribution in [0.2, 0.25) is 0 Å². The quantitative estimate of drug-likeness (QED) is 0.905. The Morgan fingerprint density at radius 2 is 2.25 bits per heavy atom. The zero-order valence-corrected chi connectivity index (χ0v) is 13.7. The second-order valence-electron chi connectivity index (χ2n) is 6.13. The van der Waals surface area contributed by atoms with Gasteiger partial charge in [0.1, 0.15) is 17.2 Å². The lowest BCUT2D eigenvalue weighted by molar-refractivity contribution is -0.132. The Hall–Kier alpha value is -2.57. The van der Waals surface area contributed by atoms with E-state index in [9.17, 15) is 14.0 Å². The van der Waals surface area contributed by atoms with E-state index in [2.05, 4.69) is 10.6 Å². The minimum atomic E-state index is -0.320. The average Bonchev–Trinajstić information content (AvgIpc) is 2.85. The molecule has 0 unspecified atom stereocenters. The summed E-state index contributed by atoms with van der Waals surface area (Å²) in [5, 5.41) is 6.31. The SMILES string of the molecule is Cc1c(CNC(=O)N[C@@H]2CCC(=O)N(C)C2)oc2ccc(F)cc12. The molecule has 1 fully saturated rings. The Balaban J connectivity index is 1.58. The Morgan fingerprint density at radius 1 is 1.46 bits per heavy atom. The Morgan fingerprint density at radius 3 is 3.00 bits per heavy atom. The lowest BCUT2D eigenvalue weighted by Gasteiger charge is -2.30. The van der Waals surface area contributed by atoms with E-state index in [1.54, 1.807) is 18.0 Å². The molecular weight excluding hydrogens is 313 g/mol. The highest BCUT2D eigenvalue weighted by Crippen LogP contribution is 2.25. The molecule has 1 aromatic heterocycles. The number of furan rings is 1. The highest BCUT2D eigenvalue weighted by molar-refractivity contribution is 5.82. The number of amides is 3. The number of nitrogens with zero attached hydrogens (tertiary/aromatic N) is 1. The number of hydrogen-bond acceptors (Lipinski definition) is 3. The number of nitrogens with one attached hydrogen (secondary N) is 2. The fourth-order valence-electron chi connectivity index (χ4n) is 2.94. The molecule has 2 heterocycles. The molecule has 1 atom stereocenters. The van der Waals surface area contributed by atoms with E-state index in [4.69, 9.17) is 4.42 Å². The van der Waals surface area contributed by atoms with Gasteiger partial charge in [-0.25, -0.2) is 9.18 Å². The fourth-order valence-corrected chi connectivity index (χ4v) is 2.94. The second kappa shape index (κ2) is 6.51. The molecule has 0 saturated carbocycles. The first-order valence-corrected chi connectivity index (χ1v) is 7.90. The van der Waals surface area contributed by atoms with Gasteiger partial charge < -0.3 is 20.0 Å². The van der Waals surface area contributed by atoms with E-state index in [1.807, 2.05) is 6.92 Å². The number of hydrogen-bond donors (Lipinski definition) is 2. The van der Waals surface area contributed by atoms with Crippen LogP contribution in [0.3, 0.4) is 0 Å². The maximum atomic E-state index is 13.3. The smallest absolute Gasteiger partial charge is 0.315 e. The molecule has 24 heavy (non-hydrogen) atoms. The number of likely N-dealkylation sites (tertiary alicyclic amines) is 1. The van der Waals surface area contributed by atoms with Crippen LogP contribution in [-0.4, -0.2) is 36.5 Å². The number of urea groups is 1. The van der Waals surface area contributed by atoms with Crippen molar-refractivity contribution in [1.82, 2.24) is 15.5 Å². The second-order valence-corrected chi connectivity index (χ2v) is 6.13. The summed E-state index contributed by atoms with van der Waals surface area (Å²) in [5.74, 6) is 0.375. The monoisotopic (exact) mass is 333 g/mol. The summed E-state index contributed by atoms with van der Waals surface area (Å²) in [4.78, 5) is 25.1. The van der Waals surface area contributed by atoms with Gasteiger partial charge in [-0.05, 0) is 31.5 Å². The summed E-state index contributed by atoms with van der Waals surface area (Å²) < 4.78 is 19.0. The van der Waals surface area contributed by atoms with Crippen molar-refractivity contribution in [2.24, 2.45) is 0 Å². The van der Waals surface area contributed by atoms with Gasteiger partial charge in [-0.2, -0.15) is 0 Å². The van der Waals surface area contributed by atoms with Crippen molar-refractivity contribution in [3.05, 3.63) is 35.3 Å². The number of fused-ring (bicyclic) bond motifs is 1.